The Kier molecular flexibility index (Phi) is 6.20. The molecular formula is C16H27NO. The Bertz CT molecular complexity index is 349. The first kappa shape index (κ1) is 15.0. The highest BCUT2D eigenvalue weighted by atomic mass is 16.5. The Morgan fingerprint density at radius 3 is 2.44 bits per heavy atom. The molecule has 0 radical (unpaired) electrons. The average molecular weight is 249 g/mol. The van der Waals surface area contributed by atoms with Crippen LogP contribution in [0, 0.1) is 11.8 Å². The van der Waals surface area contributed by atoms with Crippen LogP contribution in [0.3, 0.4) is 0 Å². The molecule has 18 heavy (non-hydrogen) atoms. The molecule has 0 aromatic heterocycles. The summed E-state index contributed by atoms with van der Waals surface area (Å²) in [6.45, 7) is 9.60. The van der Waals surface area contributed by atoms with Crippen LogP contribution in [0.4, 0.5) is 0 Å². The van der Waals surface area contributed by atoms with E-state index in [-0.39, 0.29) is 6.04 Å². The van der Waals surface area contributed by atoms with Gasteiger partial charge in [-0.05, 0) is 30.7 Å². The van der Waals surface area contributed by atoms with E-state index in [4.69, 9.17) is 10.5 Å². The maximum absolute atomic E-state index is 6.10. The van der Waals surface area contributed by atoms with E-state index < -0.39 is 0 Å². The summed E-state index contributed by atoms with van der Waals surface area (Å²) >= 11 is 0. The number of ether oxygens (including phenoxy) is 1. The van der Waals surface area contributed by atoms with Crippen molar-refractivity contribution in [3.8, 4) is 5.75 Å². The van der Waals surface area contributed by atoms with Crippen molar-refractivity contribution in [2.45, 2.75) is 46.6 Å². The summed E-state index contributed by atoms with van der Waals surface area (Å²) in [6.07, 6.45) is 2.13. The quantitative estimate of drug-likeness (QED) is 0.787. The summed E-state index contributed by atoms with van der Waals surface area (Å²) in [5, 5.41) is 0. The summed E-state index contributed by atoms with van der Waals surface area (Å²) < 4.78 is 5.94. The Morgan fingerprint density at radius 2 is 1.83 bits per heavy atom. The Hall–Kier alpha value is -1.02. The van der Waals surface area contributed by atoms with Crippen LogP contribution in [0.2, 0.25) is 0 Å². The van der Waals surface area contributed by atoms with E-state index in [1.165, 1.54) is 6.42 Å². The fraction of sp³-hybridized carbons (Fsp3) is 0.625. The van der Waals surface area contributed by atoms with E-state index in [9.17, 15) is 0 Å². The third-order valence-corrected chi connectivity index (χ3v) is 3.16. The van der Waals surface area contributed by atoms with Gasteiger partial charge in [0.1, 0.15) is 5.75 Å². The van der Waals surface area contributed by atoms with Crippen LogP contribution in [0.5, 0.6) is 5.75 Å². The number of benzene rings is 1. The van der Waals surface area contributed by atoms with Crippen molar-refractivity contribution in [2.75, 3.05) is 6.61 Å². The first-order valence-corrected chi connectivity index (χ1v) is 7.01. The fourth-order valence-electron chi connectivity index (χ4n) is 2.24. The number of nitrogens with two attached hydrogens (primary N) is 1. The lowest BCUT2D eigenvalue weighted by Gasteiger charge is -2.19. The molecule has 0 spiro atoms. The summed E-state index contributed by atoms with van der Waals surface area (Å²) in [5.74, 6) is 2.25. The lowest BCUT2D eigenvalue weighted by molar-refractivity contribution is 0.236. The minimum Gasteiger partial charge on any atom is -0.493 e. The van der Waals surface area contributed by atoms with Crippen LogP contribution in [0.15, 0.2) is 24.3 Å². The van der Waals surface area contributed by atoms with E-state index in [2.05, 4.69) is 33.8 Å². The van der Waals surface area contributed by atoms with Crippen molar-refractivity contribution in [3.63, 3.8) is 0 Å². The normalized spacial score (nSPS) is 14.6. The molecule has 2 atom stereocenters. The number of rotatable bonds is 7. The molecule has 0 aliphatic rings. The zero-order valence-corrected chi connectivity index (χ0v) is 12.1. The summed E-state index contributed by atoms with van der Waals surface area (Å²) in [7, 11) is 0. The Morgan fingerprint density at radius 1 is 1.17 bits per heavy atom. The van der Waals surface area contributed by atoms with Crippen LogP contribution in [-0.2, 0) is 0 Å². The van der Waals surface area contributed by atoms with Gasteiger partial charge in [0, 0.05) is 11.6 Å². The van der Waals surface area contributed by atoms with E-state index in [1.807, 2.05) is 18.2 Å². The van der Waals surface area contributed by atoms with Gasteiger partial charge in [0.05, 0.1) is 6.61 Å². The zero-order chi connectivity index (χ0) is 13.5. The Balaban J connectivity index is 2.61. The molecule has 1 aromatic carbocycles. The van der Waals surface area contributed by atoms with Crippen molar-refractivity contribution >= 4 is 0 Å². The number of hydrogen-bond acceptors (Lipinski definition) is 2. The van der Waals surface area contributed by atoms with Gasteiger partial charge in [0.2, 0.25) is 0 Å². The van der Waals surface area contributed by atoms with Crippen molar-refractivity contribution in [3.05, 3.63) is 29.8 Å². The van der Waals surface area contributed by atoms with Crippen LogP contribution in [0.25, 0.3) is 0 Å². The highest BCUT2D eigenvalue weighted by molar-refractivity contribution is 5.35. The van der Waals surface area contributed by atoms with Gasteiger partial charge >= 0.3 is 0 Å². The van der Waals surface area contributed by atoms with Crippen molar-refractivity contribution in [1.82, 2.24) is 0 Å². The van der Waals surface area contributed by atoms with Crippen LogP contribution < -0.4 is 10.5 Å². The molecule has 2 N–H and O–H groups in total. The van der Waals surface area contributed by atoms with E-state index in [1.54, 1.807) is 0 Å². The predicted octanol–water partition coefficient (Wildman–Crippen LogP) is 4.16. The molecule has 0 amide bonds. The van der Waals surface area contributed by atoms with Gasteiger partial charge in [-0.3, -0.25) is 0 Å². The predicted molar refractivity (Wildman–Crippen MR) is 77.8 cm³/mol. The van der Waals surface area contributed by atoms with Crippen molar-refractivity contribution < 1.29 is 4.74 Å². The van der Waals surface area contributed by atoms with Gasteiger partial charge in [-0.25, -0.2) is 0 Å². The van der Waals surface area contributed by atoms with Crippen LogP contribution in [0.1, 0.15) is 52.1 Å². The largest absolute Gasteiger partial charge is 0.493 e. The van der Waals surface area contributed by atoms with E-state index in [0.29, 0.717) is 5.92 Å². The van der Waals surface area contributed by atoms with Crippen molar-refractivity contribution in [1.29, 1.82) is 0 Å². The molecule has 0 saturated carbocycles. The molecule has 0 fully saturated rings. The van der Waals surface area contributed by atoms with Gasteiger partial charge in [-0.1, -0.05) is 45.9 Å². The fourth-order valence-corrected chi connectivity index (χ4v) is 2.24. The van der Waals surface area contributed by atoms with E-state index >= 15 is 0 Å². The zero-order valence-electron chi connectivity index (χ0n) is 12.1. The van der Waals surface area contributed by atoms with Gasteiger partial charge in [0.15, 0.2) is 0 Å². The summed E-state index contributed by atoms with van der Waals surface area (Å²) in [6, 6.07) is 8.19. The maximum atomic E-state index is 6.10. The second-order valence-corrected chi connectivity index (χ2v) is 5.60. The molecule has 1 unspecified atom stereocenters. The lowest BCUT2D eigenvalue weighted by atomic mass is 10.00. The molecule has 0 heterocycles. The van der Waals surface area contributed by atoms with Crippen molar-refractivity contribution in [2.24, 2.45) is 17.6 Å². The number of para-hydroxylation sites is 1. The monoisotopic (exact) mass is 249 g/mol. The minimum atomic E-state index is 0.0709. The molecule has 0 aliphatic carbocycles. The number of hydrogen-bond donors (Lipinski definition) is 1. The van der Waals surface area contributed by atoms with Gasteiger partial charge in [-0.2, -0.15) is 0 Å². The van der Waals surface area contributed by atoms with Gasteiger partial charge in [-0.15, -0.1) is 0 Å². The topological polar surface area (TPSA) is 35.2 Å². The lowest BCUT2D eigenvalue weighted by Crippen LogP contribution is -2.14. The molecule has 0 bridgehead atoms. The molecular weight excluding hydrogens is 222 g/mol. The SMILES string of the molecule is CC[C@H](N)c1ccccc1OCC(C)CC(C)C. The Labute approximate surface area is 112 Å². The second-order valence-electron chi connectivity index (χ2n) is 5.60. The molecule has 0 saturated heterocycles. The molecule has 1 rings (SSSR count). The van der Waals surface area contributed by atoms with Crippen LogP contribution in [-0.4, -0.2) is 6.61 Å². The highest BCUT2D eigenvalue weighted by Gasteiger charge is 2.11. The third kappa shape index (κ3) is 4.69. The van der Waals surface area contributed by atoms with Crippen LogP contribution >= 0.6 is 0 Å². The first-order valence-electron chi connectivity index (χ1n) is 7.01. The third-order valence-electron chi connectivity index (χ3n) is 3.16. The summed E-state index contributed by atoms with van der Waals surface area (Å²) in [4.78, 5) is 0. The molecule has 1 aromatic rings. The average Bonchev–Trinajstić information content (AvgIpc) is 2.35. The molecule has 102 valence electrons. The summed E-state index contributed by atoms with van der Waals surface area (Å²) in [5.41, 5.74) is 7.22. The van der Waals surface area contributed by atoms with E-state index in [0.717, 1.165) is 30.3 Å². The second kappa shape index (κ2) is 7.42. The maximum Gasteiger partial charge on any atom is 0.124 e. The first-order chi connectivity index (χ1) is 8.54. The minimum absolute atomic E-state index is 0.0709. The van der Waals surface area contributed by atoms with Gasteiger partial charge < -0.3 is 10.5 Å². The molecule has 2 nitrogen and oxygen atoms in total. The molecule has 0 aliphatic heterocycles. The standard InChI is InChI=1S/C16H27NO/c1-5-15(17)14-8-6-7-9-16(14)18-11-13(4)10-12(2)3/h6-9,12-13,15H,5,10-11,17H2,1-4H3/t13?,15-/m0/s1. The molecule has 2 heteroatoms. The highest BCUT2D eigenvalue weighted by Crippen LogP contribution is 2.26. The van der Waals surface area contributed by atoms with Gasteiger partial charge in [0.25, 0.3) is 0 Å². The smallest absolute Gasteiger partial charge is 0.124 e.